The third-order valence-electron chi connectivity index (χ3n) is 4.51. The molecule has 8 nitrogen and oxygen atoms in total. The predicted octanol–water partition coefficient (Wildman–Crippen LogP) is 0.904. The summed E-state index contributed by atoms with van der Waals surface area (Å²) in [6.07, 6.45) is 2.13. The maximum absolute atomic E-state index is 12.5. The molecule has 2 saturated heterocycles. The zero-order chi connectivity index (χ0) is 19.2. The van der Waals surface area contributed by atoms with Crippen molar-refractivity contribution in [3.05, 3.63) is 0 Å². The van der Waals surface area contributed by atoms with Crippen LogP contribution in [0.25, 0.3) is 0 Å². The largest absolute Gasteiger partial charge is 0.456 e. The van der Waals surface area contributed by atoms with Gasteiger partial charge >= 0.3 is 5.97 Å². The Morgan fingerprint density at radius 3 is 2.73 bits per heavy atom. The number of hydrogen-bond acceptors (Lipinski definition) is 7. The predicted molar refractivity (Wildman–Crippen MR) is 98.7 cm³/mol. The lowest BCUT2D eigenvalue weighted by atomic mass is 10.2. The molecule has 26 heavy (non-hydrogen) atoms. The second-order valence-corrected chi connectivity index (χ2v) is 9.78. The van der Waals surface area contributed by atoms with Crippen LogP contribution in [-0.2, 0) is 24.2 Å². The minimum absolute atomic E-state index is 0.0227. The maximum Gasteiger partial charge on any atom is 0.308 e. The standard InChI is InChI=1S/C16H26N2O6S2/c1-2-3-6-18(13-5-10-26(22,23)12-13)14(19)11-24-15(20)4-7-17-8-9-25-16(17)21/h13H,2-12H2,1H3. The molecular formula is C16H26N2O6S2. The van der Waals surface area contributed by atoms with E-state index < -0.39 is 15.8 Å². The van der Waals surface area contributed by atoms with E-state index in [1.54, 1.807) is 9.80 Å². The second kappa shape index (κ2) is 9.59. The molecule has 0 spiro atoms. The SMILES string of the molecule is CCCCN(C(=O)COC(=O)CCN1CCSC1=O)C1CCS(=O)(=O)C1. The highest BCUT2D eigenvalue weighted by Crippen LogP contribution is 2.19. The Hall–Kier alpha value is -1.29. The van der Waals surface area contributed by atoms with Crippen molar-refractivity contribution in [1.29, 1.82) is 0 Å². The van der Waals surface area contributed by atoms with Crippen LogP contribution in [0.2, 0.25) is 0 Å². The van der Waals surface area contributed by atoms with Crippen LogP contribution in [-0.4, -0.2) is 84.9 Å². The van der Waals surface area contributed by atoms with Crippen LogP contribution in [0.3, 0.4) is 0 Å². The van der Waals surface area contributed by atoms with Crippen LogP contribution >= 0.6 is 11.8 Å². The van der Waals surface area contributed by atoms with Gasteiger partial charge in [-0.3, -0.25) is 14.4 Å². The number of carbonyl (C=O) groups excluding carboxylic acids is 3. The van der Waals surface area contributed by atoms with Crippen molar-refractivity contribution >= 4 is 38.7 Å². The maximum atomic E-state index is 12.5. The van der Waals surface area contributed by atoms with Gasteiger partial charge in [-0.1, -0.05) is 25.1 Å². The molecule has 1 unspecified atom stereocenters. The van der Waals surface area contributed by atoms with Crippen LogP contribution in [0.5, 0.6) is 0 Å². The number of unbranched alkanes of at least 4 members (excludes halogenated alkanes) is 1. The number of nitrogens with zero attached hydrogens (tertiary/aromatic N) is 2. The second-order valence-electron chi connectivity index (χ2n) is 6.51. The molecule has 0 aromatic heterocycles. The third-order valence-corrected chi connectivity index (χ3v) is 7.15. The average molecular weight is 407 g/mol. The van der Waals surface area contributed by atoms with Crippen LogP contribution in [0, 0.1) is 0 Å². The lowest BCUT2D eigenvalue weighted by molar-refractivity contribution is -0.153. The Morgan fingerprint density at radius 1 is 1.38 bits per heavy atom. The van der Waals surface area contributed by atoms with Gasteiger partial charge in [0.2, 0.25) is 0 Å². The molecular weight excluding hydrogens is 380 g/mol. The molecule has 2 fully saturated rings. The Bertz CT molecular complexity index is 637. The van der Waals surface area contributed by atoms with E-state index in [9.17, 15) is 22.8 Å². The third kappa shape index (κ3) is 6.15. The zero-order valence-electron chi connectivity index (χ0n) is 15.0. The first kappa shape index (κ1) is 21.0. The van der Waals surface area contributed by atoms with Crippen molar-refractivity contribution in [1.82, 2.24) is 9.80 Å². The molecule has 2 aliphatic heterocycles. The number of ether oxygens (including phenoxy) is 1. The molecule has 0 aromatic carbocycles. The van der Waals surface area contributed by atoms with Gasteiger partial charge < -0.3 is 14.5 Å². The van der Waals surface area contributed by atoms with E-state index in [0.29, 0.717) is 26.1 Å². The van der Waals surface area contributed by atoms with Crippen molar-refractivity contribution in [2.45, 2.75) is 38.6 Å². The minimum atomic E-state index is -3.09. The molecule has 2 aliphatic rings. The van der Waals surface area contributed by atoms with E-state index in [2.05, 4.69) is 0 Å². The van der Waals surface area contributed by atoms with Gasteiger partial charge in [-0.25, -0.2) is 8.42 Å². The number of hydrogen-bond donors (Lipinski definition) is 0. The summed E-state index contributed by atoms with van der Waals surface area (Å²) in [6.45, 7) is 2.98. The topological polar surface area (TPSA) is 101 Å². The number of amides is 2. The highest BCUT2D eigenvalue weighted by Gasteiger charge is 2.34. The Balaban J connectivity index is 1.80. The van der Waals surface area contributed by atoms with Gasteiger partial charge in [0.25, 0.3) is 11.1 Å². The van der Waals surface area contributed by atoms with E-state index in [1.807, 2.05) is 6.92 Å². The monoisotopic (exact) mass is 406 g/mol. The summed E-state index contributed by atoms with van der Waals surface area (Å²) < 4.78 is 28.4. The molecule has 0 radical (unpaired) electrons. The van der Waals surface area contributed by atoms with Crippen molar-refractivity contribution in [3.8, 4) is 0 Å². The summed E-state index contributed by atoms with van der Waals surface area (Å²) in [4.78, 5) is 38.9. The fourth-order valence-corrected chi connectivity index (χ4v) is 5.60. The normalized spacial score (nSPS) is 21.8. The summed E-state index contributed by atoms with van der Waals surface area (Å²) >= 11 is 1.23. The first-order valence-corrected chi connectivity index (χ1v) is 11.7. The molecule has 1 atom stereocenters. The first-order chi connectivity index (χ1) is 12.3. The van der Waals surface area contributed by atoms with Crippen molar-refractivity contribution in [2.75, 3.05) is 43.5 Å². The number of sulfone groups is 1. The number of carbonyl (C=O) groups is 3. The highest BCUT2D eigenvalue weighted by atomic mass is 32.2. The van der Waals surface area contributed by atoms with Crippen molar-refractivity contribution in [2.24, 2.45) is 0 Å². The number of thioether (sulfide) groups is 1. The van der Waals surface area contributed by atoms with E-state index in [-0.39, 0.29) is 41.7 Å². The lowest BCUT2D eigenvalue weighted by Gasteiger charge is -2.28. The number of esters is 1. The van der Waals surface area contributed by atoms with Crippen LogP contribution < -0.4 is 0 Å². The highest BCUT2D eigenvalue weighted by molar-refractivity contribution is 8.13. The van der Waals surface area contributed by atoms with E-state index in [1.165, 1.54) is 11.8 Å². The van der Waals surface area contributed by atoms with Crippen molar-refractivity contribution in [3.63, 3.8) is 0 Å². The molecule has 2 amide bonds. The van der Waals surface area contributed by atoms with Gasteiger partial charge in [-0.15, -0.1) is 0 Å². The molecule has 10 heteroatoms. The van der Waals surface area contributed by atoms with Gasteiger partial charge in [0.05, 0.1) is 17.9 Å². The zero-order valence-corrected chi connectivity index (χ0v) is 16.6. The Kier molecular flexibility index (Phi) is 7.75. The Labute approximate surface area is 158 Å². The van der Waals surface area contributed by atoms with Gasteiger partial charge in [0, 0.05) is 31.4 Å². The van der Waals surface area contributed by atoms with Crippen LogP contribution in [0.4, 0.5) is 4.79 Å². The summed E-state index contributed by atoms with van der Waals surface area (Å²) in [5.74, 6) is -0.0945. The summed E-state index contributed by atoms with van der Waals surface area (Å²) in [7, 11) is -3.09. The quantitative estimate of drug-likeness (QED) is 0.524. The average Bonchev–Trinajstić information content (AvgIpc) is 3.16. The van der Waals surface area contributed by atoms with Gasteiger partial charge in [0.1, 0.15) is 0 Å². The summed E-state index contributed by atoms with van der Waals surface area (Å²) in [5.41, 5.74) is 0. The number of rotatable bonds is 9. The van der Waals surface area contributed by atoms with E-state index in [4.69, 9.17) is 4.74 Å². The van der Waals surface area contributed by atoms with Crippen LogP contribution in [0.1, 0.15) is 32.6 Å². The van der Waals surface area contributed by atoms with Crippen LogP contribution in [0.15, 0.2) is 0 Å². The minimum Gasteiger partial charge on any atom is -0.456 e. The molecule has 2 rings (SSSR count). The molecule has 0 saturated carbocycles. The van der Waals surface area contributed by atoms with E-state index >= 15 is 0 Å². The van der Waals surface area contributed by atoms with Crippen molar-refractivity contribution < 1.29 is 27.5 Å². The molecule has 148 valence electrons. The smallest absolute Gasteiger partial charge is 0.308 e. The van der Waals surface area contributed by atoms with Gasteiger partial charge in [0.15, 0.2) is 16.4 Å². The first-order valence-electron chi connectivity index (χ1n) is 8.89. The van der Waals surface area contributed by atoms with Gasteiger partial charge in [-0.2, -0.15) is 0 Å². The Morgan fingerprint density at radius 2 is 2.15 bits per heavy atom. The lowest BCUT2D eigenvalue weighted by Crippen LogP contribution is -2.44. The molecule has 0 aromatic rings. The fourth-order valence-electron chi connectivity index (χ4n) is 3.01. The van der Waals surface area contributed by atoms with E-state index in [0.717, 1.165) is 18.6 Å². The van der Waals surface area contributed by atoms with Gasteiger partial charge in [-0.05, 0) is 12.8 Å². The molecule has 0 bridgehead atoms. The summed E-state index contributed by atoms with van der Waals surface area (Å²) in [5, 5.41) is -0.0398. The fraction of sp³-hybridized carbons (Fsp3) is 0.812. The molecule has 0 N–H and O–H groups in total. The molecule has 0 aliphatic carbocycles. The molecule has 2 heterocycles. The summed E-state index contributed by atoms with van der Waals surface area (Å²) in [6, 6.07) is -0.336.